The quantitative estimate of drug-likeness (QED) is 0.555. The molecule has 2 aromatic carbocycles. The molecule has 2 rings (SSSR count). The fourth-order valence-electron chi connectivity index (χ4n) is 1.89. The largest absolute Gasteiger partial charge is 0.484 e. The SMILES string of the molecule is CN(C)C(=O)COc1ccc(C(=O)/C=C/c2ccc(Cl)cc2Cl)cc1. The Balaban J connectivity index is 2.00. The molecule has 25 heavy (non-hydrogen) atoms. The van der Waals surface area contributed by atoms with Gasteiger partial charge in [0.1, 0.15) is 5.75 Å². The van der Waals surface area contributed by atoms with Crippen molar-refractivity contribution in [2.75, 3.05) is 20.7 Å². The van der Waals surface area contributed by atoms with E-state index in [0.29, 0.717) is 26.9 Å². The number of halogens is 2. The molecule has 130 valence electrons. The van der Waals surface area contributed by atoms with Gasteiger partial charge in [-0.15, -0.1) is 0 Å². The summed E-state index contributed by atoms with van der Waals surface area (Å²) in [6, 6.07) is 11.7. The molecular formula is C19H17Cl2NO3. The average molecular weight is 378 g/mol. The molecule has 0 fully saturated rings. The van der Waals surface area contributed by atoms with E-state index in [0.717, 1.165) is 0 Å². The number of ketones is 1. The Morgan fingerprint density at radius 1 is 1.08 bits per heavy atom. The highest BCUT2D eigenvalue weighted by Crippen LogP contribution is 2.22. The summed E-state index contributed by atoms with van der Waals surface area (Å²) >= 11 is 11.9. The lowest BCUT2D eigenvalue weighted by atomic mass is 10.1. The highest BCUT2D eigenvalue weighted by molar-refractivity contribution is 6.35. The molecule has 0 aliphatic carbocycles. The van der Waals surface area contributed by atoms with Crippen LogP contribution >= 0.6 is 23.2 Å². The minimum atomic E-state index is -0.165. The molecule has 0 aliphatic rings. The van der Waals surface area contributed by atoms with Crippen LogP contribution in [-0.4, -0.2) is 37.3 Å². The summed E-state index contributed by atoms with van der Waals surface area (Å²) in [5.74, 6) is 0.223. The topological polar surface area (TPSA) is 46.6 Å². The van der Waals surface area contributed by atoms with Crippen molar-refractivity contribution in [2.45, 2.75) is 0 Å². The molecule has 6 heteroatoms. The van der Waals surface area contributed by atoms with Crippen molar-refractivity contribution in [3.05, 3.63) is 69.7 Å². The Bertz CT molecular complexity index is 799. The molecule has 0 N–H and O–H groups in total. The molecule has 0 unspecified atom stereocenters. The smallest absolute Gasteiger partial charge is 0.259 e. The van der Waals surface area contributed by atoms with Gasteiger partial charge in [0.2, 0.25) is 0 Å². The zero-order chi connectivity index (χ0) is 18.4. The van der Waals surface area contributed by atoms with E-state index in [4.69, 9.17) is 27.9 Å². The van der Waals surface area contributed by atoms with Gasteiger partial charge in [-0.25, -0.2) is 0 Å². The first-order valence-electron chi connectivity index (χ1n) is 7.47. The number of hydrogen-bond acceptors (Lipinski definition) is 3. The lowest BCUT2D eigenvalue weighted by Gasteiger charge is -2.11. The molecule has 0 bridgehead atoms. The number of benzene rings is 2. The Labute approximate surface area is 156 Å². The van der Waals surface area contributed by atoms with Gasteiger partial charge < -0.3 is 9.64 Å². The van der Waals surface area contributed by atoms with Crippen LogP contribution in [0, 0.1) is 0 Å². The van der Waals surface area contributed by atoms with Crippen LogP contribution in [0.3, 0.4) is 0 Å². The highest BCUT2D eigenvalue weighted by atomic mass is 35.5. The first-order valence-corrected chi connectivity index (χ1v) is 8.23. The van der Waals surface area contributed by atoms with E-state index in [1.807, 2.05) is 0 Å². The molecule has 0 heterocycles. The maximum absolute atomic E-state index is 12.2. The normalized spacial score (nSPS) is 10.7. The van der Waals surface area contributed by atoms with Crippen LogP contribution in [0.2, 0.25) is 10.0 Å². The van der Waals surface area contributed by atoms with Crippen molar-refractivity contribution in [1.82, 2.24) is 4.90 Å². The van der Waals surface area contributed by atoms with E-state index in [9.17, 15) is 9.59 Å². The van der Waals surface area contributed by atoms with Gasteiger partial charge in [0, 0.05) is 29.7 Å². The second-order valence-corrected chi connectivity index (χ2v) is 6.31. The van der Waals surface area contributed by atoms with Gasteiger partial charge >= 0.3 is 0 Å². The number of hydrogen-bond donors (Lipinski definition) is 0. The molecule has 0 saturated heterocycles. The van der Waals surface area contributed by atoms with Gasteiger partial charge in [0.15, 0.2) is 12.4 Å². The molecule has 4 nitrogen and oxygen atoms in total. The second-order valence-electron chi connectivity index (χ2n) is 5.46. The standard InChI is InChI=1S/C19H17Cl2NO3/c1-22(2)19(24)12-25-16-8-4-14(5-9-16)18(23)10-6-13-3-7-15(20)11-17(13)21/h3-11H,12H2,1-2H3/b10-6+. The van der Waals surface area contributed by atoms with Gasteiger partial charge in [0.25, 0.3) is 5.91 Å². The van der Waals surface area contributed by atoms with E-state index < -0.39 is 0 Å². The predicted octanol–water partition coefficient (Wildman–Crippen LogP) is 4.36. The van der Waals surface area contributed by atoms with Gasteiger partial charge in [-0.3, -0.25) is 9.59 Å². The number of ether oxygens (including phenoxy) is 1. The molecule has 0 aliphatic heterocycles. The monoisotopic (exact) mass is 377 g/mol. The van der Waals surface area contributed by atoms with Gasteiger partial charge in [0.05, 0.1) is 0 Å². The molecule has 1 amide bonds. The number of rotatable bonds is 6. The van der Waals surface area contributed by atoms with Gasteiger partial charge in [-0.1, -0.05) is 29.3 Å². The van der Waals surface area contributed by atoms with Crippen LogP contribution < -0.4 is 4.74 Å². The van der Waals surface area contributed by atoms with Gasteiger partial charge in [-0.05, 0) is 54.1 Å². The zero-order valence-corrected chi connectivity index (χ0v) is 15.3. The van der Waals surface area contributed by atoms with Crippen molar-refractivity contribution in [3.8, 4) is 5.75 Å². The molecule has 2 aromatic rings. The number of nitrogens with zero attached hydrogens (tertiary/aromatic N) is 1. The summed E-state index contributed by atoms with van der Waals surface area (Å²) in [4.78, 5) is 25.1. The van der Waals surface area contributed by atoms with E-state index in [1.54, 1.807) is 62.6 Å². The second kappa shape index (κ2) is 8.70. The van der Waals surface area contributed by atoms with Crippen molar-refractivity contribution in [1.29, 1.82) is 0 Å². The Morgan fingerprint density at radius 3 is 2.36 bits per heavy atom. The molecule has 0 saturated carbocycles. The first kappa shape index (κ1) is 19.0. The van der Waals surface area contributed by atoms with Crippen molar-refractivity contribution in [3.63, 3.8) is 0 Å². The fourth-order valence-corrected chi connectivity index (χ4v) is 2.36. The minimum Gasteiger partial charge on any atom is -0.484 e. The molecule has 0 aromatic heterocycles. The van der Waals surface area contributed by atoms with Crippen LogP contribution in [-0.2, 0) is 4.79 Å². The van der Waals surface area contributed by atoms with E-state index >= 15 is 0 Å². The number of carbonyl (C=O) groups is 2. The Morgan fingerprint density at radius 2 is 1.76 bits per heavy atom. The van der Waals surface area contributed by atoms with Crippen molar-refractivity contribution in [2.24, 2.45) is 0 Å². The summed E-state index contributed by atoms with van der Waals surface area (Å²) in [5.41, 5.74) is 1.22. The summed E-state index contributed by atoms with van der Waals surface area (Å²) in [6.07, 6.45) is 3.09. The minimum absolute atomic E-state index is 0.0464. The molecule has 0 radical (unpaired) electrons. The summed E-state index contributed by atoms with van der Waals surface area (Å²) in [7, 11) is 3.32. The number of likely N-dealkylation sites (N-methyl/N-ethyl adjacent to an activating group) is 1. The fraction of sp³-hybridized carbons (Fsp3) is 0.158. The number of carbonyl (C=O) groups excluding carboxylic acids is 2. The van der Waals surface area contributed by atoms with Crippen LogP contribution in [0.4, 0.5) is 0 Å². The maximum atomic E-state index is 12.2. The highest BCUT2D eigenvalue weighted by Gasteiger charge is 2.06. The van der Waals surface area contributed by atoms with E-state index in [2.05, 4.69) is 0 Å². The van der Waals surface area contributed by atoms with Crippen molar-refractivity contribution >= 4 is 41.0 Å². The Kier molecular flexibility index (Phi) is 6.62. The number of allylic oxidation sites excluding steroid dienone is 1. The van der Waals surface area contributed by atoms with Crippen molar-refractivity contribution < 1.29 is 14.3 Å². The van der Waals surface area contributed by atoms with E-state index in [1.165, 1.54) is 11.0 Å². The first-order chi connectivity index (χ1) is 11.9. The summed E-state index contributed by atoms with van der Waals surface area (Å²) in [5, 5.41) is 1.02. The van der Waals surface area contributed by atoms with Crippen LogP contribution in [0.25, 0.3) is 6.08 Å². The van der Waals surface area contributed by atoms with Crippen LogP contribution in [0.1, 0.15) is 15.9 Å². The summed E-state index contributed by atoms with van der Waals surface area (Å²) < 4.78 is 5.37. The third kappa shape index (κ3) is 5.62. The van der Waals surface area contributed by atoms with Crippen LogP contribution in [0.15, 0.2) is 48.5 Å². The maximum Gasteiger partial charge on any atom is 0.259 e. The zero-order valence-electron chi connectivity index (χ0n) is 13.8. The molecule has 0 spiro atoms. The molecule has 0 atom stereocenters. The Hall–Kier alpha value is -2.30. The number of amides is 1. The summed E-state index contributed by atoms with van der Waals surface area (Å²) in [6.45, 7) is -0.0464. The lowest BCUT2D eigenvalue weighted by molar-refractivity contribution is -0.130. The van der Waals surface area contributed by atoms with E-state index in [-0.39, 0.29) is 18.3 Å². The molecular weight excluding hydrogens is 361 g/mol. The lowest BCUT2D eigenvalue weighted by Crippen LogP contribution is -2.27. The third-order valence-electron chi connectivity index (χ3n) is 3.38. The third-order valence-corrected chi connectivity index (χ3v) is 3.94. The van der Waals surface area contributed by atoms with Gasteiger partial charge in [-0.2, -0.15) is 0 Å². The van der Waals surface area contributed by atoms with Crippen LogP contribution in [0.5, 0.6) is 5.75 Å². The average Bonchev–Trinajstić information content (AvgIpc) is 2.59. The predicted molar refractivity (Wildman–Crippen MR) is 100 cm³/mol.